The molecule has 0 aromatic carbocycles. The smallest absolute Gasteiger partial charge is 0.180 e. The predicted molar refractivity (Wildman–Crippen MR) is 96.3 cm³/mol. The molecule has 1 heterocycles. The minimum absolute atomic E-state index is 0.0303. The van der Waals surface area contributed by atoms with Crippen LogP contribution in [0.25, 0.3) is 0 Å². The zero-order valence-electron chi connectivity index (χ0n) is 14.1. The molecule has 1 fully saturated rings. The van der Waals surface area contributed by atoms with Gasteiger partial charge >= 0.3 is 0 Å². The van der Waals surface area contributed by atoms with Gasteiger partial charge in [0.25, 0.3) is 0 Å². The Balaban J connectivity index is 3.20. The van der Waals surface area contributed by atoms with Crippen molar-refractivity contribution < 1.29 is 4.43 Å². The average molecular weight is 311 g/mol. The molecule has 0 aromatic rings. The highest BCUT2D eigenvalue weighted by Gasteiger charge is 2.58. The molecule has 0 spiro atoms. The third kappa shape index (κ3) is 2.90. The van der Waals surface area contributed by atoms with Gasteiger partial charge in [-0.2, -0.15) is 0 Å². The van der Waals surface area contributed by atoms with Gasteiger partial charge in [0.2, 0.25) is 0 Å². The molecule has 1 rings (SSSR count). The molecule has 0 N–H and O–H groups in total. The van der Waals surface area contributed by atoms with Gasteiger partial charge in [0.05, 0.1) is 13.2 Å². The Morgan fingerprint density at radius 3 is 1.80 bits per heavy atom. The summed E-state index contributed by atoms with van der Waals surface area (Å²) in [5.74, 6) is 0. The van der Waals surface area contributed by atoms with Crippen molar-refractivity contribution in [3.8, 4) is 0 Å². The molecule has 0 atom stereocenters. The Morgan fingerprint density at radius 1 is 0.950 bits per heavy atom. The standard InChI is InChI=1S/C17H34OSi2/c1-7-13-17(14-8-2)15-16-19(9-3,10-4)20(11-5,12-6)18-17/h7-8H,1-2,9-16H2,3-6H3. The van der Waals surface area contributed by atoms with Gasteiger partial charge in [-0.25, -0.2) is 0 Å². The lowest BCUT2D eigenvalue weighted by Crippen LogP contribution is -2.70. The zero-order chi connectivity index (χ0) is 15.3. The summed E-state index contributed by atoms with van der Waals surface area (Å²) in [5, 5.41) is 0. The summed E-state index contributed by atoms with van der Waals surface area (Å²) >= 11 is 0. The summed E-state index contributed by atoms with van der Waals surface area (Å²) in [6.07, 6.45) is 7.33. The van der Waals surface area contributed by atoms with Crippen LogP contribution in [0.4, 0.5) is 0 Å². The van der Waals surface area contributed by atoms with Crippen LogP contribution in [0.2, 0.25) is 30.2 Å². The van der Waals surface area contributed by atoms with Crippen molar-refractivity contribution >= 4 is 15.4 Å². The van der Waals surface area contributed by atoms with E-state index >= 15 is 0 Å². The maximum absolute atomic E-state index is 7.10. The molecule has 0 radical (unpaired) electrons. The van der Waals surface area contributed by atoms with Gasteiger partial charge in [-0.3, -0.25) is 0 Å². The fourth-order valence-corrected chi connectivity index (χ4v) is 23.5. The second kappa shape index (κ2) is 7.23. The fourth-order valence-electron chi connectivity index (χ4n) is 4.56. The van der Waals surface area contributed by atoms with Gasteiger partial charge in [-0.05, 0) is 31.4 Å². The number of rotatable bonds is 8. The van der Waals surface area contributed by atoms with Crippen LogP contribution in [0.3, 0.4) is 0 Å². The first-order valence-electron chi connectivity index (χ1n) is 8.45. The summed E-state index contributed by atoms with van der Waals surface area (Å²) < 4.78 is 7.10. The first-order valence-corrected chi connectivity index (χ1v) is 14.4. The predicted octanol–water partition coefficient (Wildman–Crippen LogP) is 5.85. The Labute approximate surface area is 128 Å². The molecule has 1 saturated heterocycles. The molecule has 0 aromatic heterocycles. The Morgan fingerprint density at radius 2 is 1.45 bits per heavy atom. The Hall–Kier alpha value is -0.126. The third-order valence-electron chi connectivity index (χ3n) is 5.97. The molecule has 116 valence electrons. The summed E-state index contributed by atoms with van der Waals surface area (Å²) in [6, 6.07) is 6.89. The lowest BCUT2D eigenvalue weighted by molar-refractivity contribution is 0.0556. The molecule has 0 unspecified atom stereocenters. The molecule has 0 amide bonds. The quantitative estimate of drug-likeness (QED) is 0.403. The normalized spacial score (nSPS) is 23.2. The van der Waals surface area contributed by atoms with Gasteiger partial charge in [-0.1, -0.05) is 58.0 Å². The van der Waals surface area contributed by atoms with Gasteiger partial charge < -0.3 is 4.43 Å². The Kier molecular flexibility index (Phi) is 6.48. The first-order chi connectivity index (χ1) is 9.53. The van der Waals surface area contributed by atoms with E-state index in [0.29, 0.717) is 0 Å². The topological polar surface area (TPSA) is 9.23 Å². The van der Waals surface area contributed by atoms with Crippen molar-refractivity contribution in [2.45, 2.75) is 82.8 Å². The van der Waals surface area contributed by atoms with Crippen molar-refractivity contribution in [2.24, 2.45) is 0 Å². The van der Waals surface area contributed by atoms with E-state index in [4.69, 9.17) is 4.43 Å². The summed E-state index contributed by atoms with van der Waals surface area (Å²) in [5.41, 5.74) is 0.0303. The van der Waals surface area contributed by atoms with Gasteiger partial charge in [0.15, 0.2) is 7.83 Å². The van der Waals surface area contributed by atoms with Crippen molar-refractivity contribution in [1.29, 1.82) is 0 Å². The summed E-state index contributed by atoms with van der Waals surface area (Å²) in [4.78, 5) is 0. The highest BCUT2D eigenvalue weighted by atomic mass is 29.3. The molecule has 20 heavy (non-hydrogen) atoms. The molecule has 1 nitrogen and oxygen atoms in total. The van der Waals surface area contributed by atoms with E-state index in [-0.39, 0.29) is 5.60 Å². The van der Waals surface area contributed by atoms with E-state index in [1.807, 2.05) is 0 Å². The van der Waals surface area contributed by atoms with E-state index < -0.39 is 15.4 Å². The van der Waals surface area contributed by atoms with E-state index in [1.54, 1.807) is 0 Å². The molecule has 0 aliphatic carbocycles. The second-order valence-corrected chi connectivity index (χ2v) is 20.5. The van der Waals surface area contributed by atoms with Crippen LogP contribution in [0.1, 0.15) is 47.0 Å². The molecule has 0 saturated carbocycles. The summed E-state index contributed by atoms with van der Waals surface area (Å²) in [7, 11) is -2.79. The minimum atomic E-state index is -1.58. The van der Waals surface area contributed by atoms with Crippen LogP contribution >= 0.6 is 0 Å². The fraction of sp³-hybridized carbons (Fsp3) is 0.765. The maximum atomic E-state index is 7.10. The van der Waals surface area contributed by atoms with Crippen molar-refractivity contribution in [1.82, 2.24) is 0 Å². The van der Waals surface area contributed by atoms with Gasteiger partial charge in [0.1, 0.15) is 0 Å². The lowest BCUT2D eigenvalue weighted by Gasteiger charge is -2.56. The minimum Gasteiger partial charge on any atom is -0.413 e. The van der Waals surface area contributed by atoms with Crippen LogP contribution in [-0.4, -0.2) is 21.0 Å². The van der Waals surface area contributed by atoms with E-state index in [1.165, 1.54) is 36.6 Å². The van der Waals surface area contributed by atoms with Crippen molar-refractivity contribution in [3.63, 3.8) is 0 Å². The molecule has 1 aliphatic rings. The highest BCUT2D eigenvalue weighted by molar-refractivity contribution is 7.40. The van der Waals surface area contributed by atoms with Crippen LogP contribution in [0.15, 0.2) is 25.3 Å². The summed E-state index contributed by atoms with van der Waals surface area (Å²) in [6.45, 7) is 17.6. The highest BCUT2D eigenvalue weighted by Crippen LogP contribution is 2.49. The molecule has 3 heteroatoms. The second-order valence-electron chi connectivity index (χ2n) is 6.46. The van der Waals surface area contributed by atoms with Gasteiger partial charge in [-0.15, -0.1) is 13.2 Å². The lowest BCUT2D eigenvalue weighted by atomic mass is 9.92. The molecular formula is C17H34OSi2. The van der Waals surface area contributed by atoms with E-state index in [0.717, 1.165) is 12.8 Å². The van der Waals surface area contributed by atoms with E-state index in [2.05, 4.69) is 53.0 Å². The third-order valence-corrected chi connectivity index (χ3v) is 26.0. The van der Waals surface area contributed by atoms with Gasteiger partial charge in [0, 0.05) is 0 Å². The van der Waals surface area contributed by atoms with Crippen LogP contribution in [0, 0.1) is 0 Å². The number of hydrogen-bond acceptors (Lipinski definition) is 1. The van der Waals surface area contributed by atoms with Crippen LogP contribution < -0.4 is 0 Å². The van der Waals surface area contributed by atoms with Crippen molar-refractivity contribution in [2.75, 3.05) is 0 Å². The van der Waals surface area contributed by atoms with Crippen molar-refractivity contribution in [3.05, 3.63) is 25.3 Å². The van der Waals surface area contributed by atoms with E-state index in [9.17, 15) is 0 Å². The molecule has 0 bridgehead atoms. The zero-order valence-corrected chi connectivity index (χ0v) is 16.1. The largest absolute Gasteiger partial charge is 0.413 e. The maximum Gasteiger partial charge on any atom is 0.180 e. The SMILES string of the molecule is C=CCC1(CC=C)CC[Si](CC)(CC)[Si](CC)(CC)O1. The Bertz CT molecular complexity index is 320. The monoisotopic (exact) mass is 310 g/mol. The van der Waals surface area contributed by atoms with Crippen LogP contribution in [0.5, 0.6) is 0 Å². The molecular weight excluding hydrogens is 276 g/mol. The van der Waals surface area contributed by atoms with Crippen LogP contribution in [-0.2, 0) is 4.43 Å². The molecule has 1 aliphatic heterocycles. The first kappa shape index (κ1) is 17.9. The number of hydrogen-bond donors (Lipinski definition) is 0. The average Bonchev–Trinajstić information content (AvgIpc) is 2.48.